The first-order valence-electron chi connectivity index (χ1n) is 8.87. The second-order valence-corrected chi connectivity index (χ2v) is 9.17. The highest BCUT2D eigenvalue weighted by Gasteiger charge is 2.28. The molecule has 0 aliphatic heterocycles. The first-order valence-corrected chi connectivity index (χ1v) is 11.3. The predicted octanol–water partition coefficient (Wildman–Crippen LogP) is 3.60. The molecule has 0 aliphatic carbocycles. The third-order valence-corrected chi connectivity index (χ3v) is 6.44. The lowest BCUT2D eigenvalue weighted by Crippen LogP contribution is -2.41. The number of carbonyl (C=O) groups excluding carboxylic acids is 2. The molecule has 2 aromatic rings. The van der Waals surface area contributed by atoms with Crippen molar-refractivity contribution in [1.29, 1.82) is 0 Å². The summed E-state index contributed by atoms with van der Waals surface area (Å²) in [6, 6.07) is 10.0. The number of thioether (sulfide) groups is 1. The molecule has 1 atom stereocenters. The Bertz CT molecular complexity index is 1040. The van der Waals surface area contributed by atoms with Crippen molar-refractivity contribution in [3.63, 3.8) is 0 Å². The van der Waals surface area contributed by atoms with Gasteiger partial charge in [0.05, 0.1) is 22.4 Å². The lowest BCUT2D eigenvalue weighted by molar-refractivity contribution is -0.117. The Labute approximate surface area is 181 Å². The standard InChI is InChI=1S/C19H20F3N3O4S2/c1-12(25-31(28,29)15-9-7-14(8-10-15)23-13(2)26)18(27)24-16-5-3-4-6-17(16)30-11-19(20,21)22/h3-10,12,25H,11H2,1-2H3,(H,23,26)(H,24,27)/t12-/m0/s1. The lowest BCUT2D eigenvalue weighted by atomic mass is 10.3. The SMILES string of the molecule is CC(=O)Nc1ccc(S(=O)(=O)N[C@@H](C)C(=O)Nc2ccccc2SCC(F)(F)F)cc1. The molecule has 0 spiro atoms. The van der Waals surface area contributed by atoms with Crippen molar-refractivity contribution in [3.05, 3.63) is 48.5 Å². The highest BCUT2D eigenvalue weighted by Crippen LogP contribution is 2.32. The number of hydrogen-bond acceptors (Lipinski definition) is 5. The zero-order valence-corrected chi connectivity index (χ0v) is 18.1. The number of anilines is 2. The molecule has 0 heterocycles. The maximum absolute atomic E-state index is 12.5. The van der Waals surface area contributed by atoms with Crippen LogP contribution in [-0.4, -0.2) is 38.2 Å². The van der Waals surface area contributed by atoms with Crippen LogP contribution in [-0.2, 0) is 19.6 Å². The van der Waals surface area contributed by atoms with E-state index in [9.17, 15) is 31.2 Å². The van der Waals surface area contributed by atoms with E-state index in [2.05, 4.69) is 15.4 Å². The summed E-state index contributed by atoms with van der Waals surface area (Å²) in [6.45, 7) is 2.62. The van der Waals surface area contributed by atoms with Crippen LogP contribution in [0.25, 0.3) is 0 Å². The number of sulfonamides is 1. The average molecular weight is 476 g/mol. The van der Waals surface area contributed by atoms with E-state index in [0.29, 0.717) is 17.4 Å². The van der Waals surface area contributed by atoms with E-state index >= 15 is 0 Å². The lowest BCUT2D eigenvalue weighted by Gasteiger charge is -2.16. The van der Waals surface area contributed by atoms with E-state index in [4.69, 9.17) is 0 Å². The van der Waals surface area contributed by atoms with Gasteiger partial charge in [-0.25, -0.2) is 8.42 Å². The fourth-order valence-corrected chi connectivity index (χ4v) is 4.34. The zero-order valence-electron chi connectivity index (χ0n) is 16.5. The molecule has 0 aromatic heterocycles. The van der Waals surface area contributed by atoms with Crippen LogP contribution in [0.5, 0.6) is 0 Å². The van der Waals surface area contributed by atoms with Crippen LogP contribution in [0.3, 0.4) is 0 Å². The molecular weight excluding hydrogens is 455 g/mol. The van der Waals surface area contributed by atoms with Crippen molar-refractivity contribution in [2.75, 3.05) is 16.4 Å². The summed E-state index contributed by atoms with van der Waals surface area (Å²) in [4.78, 5) is 23.6. The second-order valence-electron chi connectivity index (χ2n) is 6.44. The first-order chi connectivity index (χ1) is 14.4. The number of alkyl halides is 3. The monoisotopic (exact) mass is 475 g/mol. The van der Waals surface area contributed by atoms with Crippen LogP contribution in [0.2, 0.25) is 0 Å². The van der Waals surface area contributed by atoms with Crippen molar-refractivity contribution in [2.45, 2.75) is 35.9 Å². The minimum Gasteiger partial charge on any atom is -0.326 e. The van der Waals surface area contributed by atoms with Crippen LogP contribution < -0.4 is 15.4 Å². The normalized spacial score (nSPS) is 12.8. The van der Waals surface area contributed by atoms with Crippen molar-refractivity contribution in [2.24, 2.45) is 0 Å². The number of carbonyl (C=O) groups is 2. The van der Waals surface area contributed by atoms with E-state index < -0.39 is 33.9 Å². The van der Waals surface area contributed by atoms with Gasteiger partial charge in [-0.1, -0.05) is 12.1 Å². The minimum atomic E-state index is -4.37. The number of para-hydroxylation sites is 1. The molecule has 31 heavy (non-hydrogen) atoms. The molecule has 0 unspecified atom stereocenters. The van der Waals surface area contributed by atoms with Crippen molar-refractivity contribution >= 4 is 45.0 Å². The van der Waals surface area contributed by atoms with Crippen LogP contribution in [0.1, 0.15) is 13.8 Å². The number of benzene rings is 2. The Balaban J connectivity index is 2.06. The predicted molar refractivity (Wildman–Crippen MR) is 112 cm³/mol. The van der Waals surface area contributed by atoms with Gasteiger partial charge in [0, 0.05) is 17.5 Å². The maximum Gasteiger partial charge on any atom is 0.398 e. The fourth-order valence-electron chi connectivity index (χ4n) is 2.37. The van der Waals surface area contributed by atoms with Gasteiger partial charge in [-0.05, 0) is 43.3 Å². The summed E-state index contributed by atoms with van der Waals surface area (Å²) < 4.78 is 64.7. The quantitative estimate of drug-likeness (QED) is 0.506. The Morgan fingerprint density at radius 2 is 1.65 bits per heavy atom. The Morgan fingerprint density at radius 3 is 2.23 bits per heavy atom. The third kappa shape index (κ3) is 7.89. The highest BCUT2D eigenvalue weighted by molar-refractivity contribution is 7.99. The topological polar surface area (TPSA) is 104 Å². The summed E-state index contributed by atoms with van der Waals surface area (Å²) >= 11 is 0.515. The molecule has 7 nitrogen and oxygen atoms in total. The minimum absolute atomic E-state index is 0.123. The summed E-state index contributed by atoms with van der Waals surface area (Å²) in [6.07, 6.45) is -4.37. The molecule has 0 fully saturated rings. The van der Waals surface area contributed by atoms with E-state index in [1.807, 2.05) is 0 Å². The largest absolute Gasteiger partial charge is 0.398 e. The molecule has 2 aromatic carbocycles. The summed E-state index contributed by atoms with van der Waals surface area (Å²) in [5, 5.41) is 4.95. The van der Waals surface area contributed by atoms with Gasteiger partial charge in [0.25, 0.3) is 0 Å². The smallest absolute Gasteiger partial charge is 0.326 e. The van der Waals surface area contributed by atoms with Gasteiger partial charge < -0.3 is 10.6 Å². The van der Waals surface area contributed by atoms with Gasteiger partial charge in [0.2, 0.25) is 21.8 Å². The Hall–Kier alpha value is -2.57. The first kappa shape index (κ1) is 24.7. The number of hydrogen-bond donors (Lipinski definition) is 3. The molecule has 0 bridgehead atoms. The average Bonchev–Trinajstić information content (AvgIpc) is 2.66. The second kappa shape index (κ2) is 10.2. The van der Waals surface area contributed by atoms with Gasteiger partial charge in [-0.3, -0.25) is 9.59 Å². The van der Waals surface area contributed by atoms with Crippen LogP contribution >= 0.6 is 11.8 Å². The maximum atomic E-state index is 12.5. The van der Waals surface area contributed by atoms with E-state index in [1.54, 1.807) is 6.07 Å². The molecule has 0 saturated heterocycles. The highest BCUT2D eigenvalue weighted by atomic mass is 32.2. The van der Waals surface area contributed by atoms with Gasteiger partial charge in [0.15, 0.2) is 0 Å². The van der Waals surface area contributed by atoms with E-state index in [0.717, 1.165) is 0 Å². The summed E-state index contributed by atoms with van der Waals surface area (Å²) in [7, 11) is -4.06. The third-order valence-electron chi connectivity index (χ3n) is 3.75. The van der Waals surface area contributed by atoms with E-state index in [1.165, 1.54) is 56.3 Å². The summed E-state index contributed by atoms with van der Waals surface area (Å²) in [5.74, 6) is -2.18. The number of amides is 2. The van der Waals surface area contributed by atoms with Crippen molar-refractivity contribution < 1.29 is 31.2 Å². The number of rotatable bonds is 8. The molecule has 0 saturated carbocycles. The molecule has 2 rings (SSSR count). The van der Waals surface area contributed by atoms with Crippen LogP contribution in [0, 0.1) is 0 Å². The molecular formula is C19H20F3N3O4S2. The molecule has 3 N–H and O–H groups in total. The molecule has 168 valence electrons. The molecule has 0 aliphatic rings. The molecule has 2 amide bonds. The van der Waals surface area contributed by atoms with Gasteiger partial charge >= 0.3 is 6.18 Å². The van der Waals surface area contributed by atoms with Crippen LogP contribution in [0.4, 0.5) is 24.5 Å². The molecule has 12 heteroatoms. The Morgan fingerprint density at radius 1 is 1.03 bits per heavy atom. The van der Waals surface area contributed by atoms with Gasteiger partial charge in [0.1, 0.15) is 0 Å². The summed E-state index contributed by atoms with van der Waals surface area (Å²) in [5.41, 5.74) is 0.553. The zero-order chi connectivity index (χ0) is 23.2. The Kier molecular flexibility index (Phi) is 8.09. The van der Waals surface area contributed by atoms with E-state index in [-0.39, 0.29) is 21.4 Å². The van der Waals surface area contributed by atoms with Crippen molar-refractivity contribution in [3.8, 4) is 0 Å². The fraction of sp³-hybridized carbons (Fsp3) is 0.263. The van der Waals surface area contributed by atoms with Gasteiger partial charge in [-0.15, -0.1) is 11.8 Å². The number of halogens is 3. The van der Waals surface area contributed by atoms with Crippen molar-refractivity contribution in [1.82, 2.24) is 4.72 Å². The molecule has 0 radical (unpaired) electrons. The van der Waals surface area contributed by atoms with Gasteiger partial charge in [-0.2, -0.15) is 17.9 Å². The van der Waals surface area contributed by atoms with Crippen LogP contribution in [0.15, 0.2) is 58.3 Å². The number of nitrogens with one attached hydrogen (secondary N) is 3.